The van der Waals surface area contributed by atoms with Crippen molar-refractivity contribution in [1.82, 2.24) is 9.97 Å². The van der Waals surface area contributed by atoms with Crippen molar-refractivity contribution in [2.24, 2.45) is 0 Å². The number of hydrogen-bond acceptors (Lipinski definition) is 6. The van der Waals surface area contributed by atoms with Gasteiger partial charge in [0.1, 0.15) is 0 Å². The van der Waals surface area contributed by atoms with Crippen molar-refractivity contribution < 1.29 is 9.59 Å². The van der Waals surface area contributed by atoms with Crippen LogP contribution in [-0.2, 0) is 0 Å². The highest BCUT2D eigenvalue weighted by Crippen LogP contribution is 2.29. The van der Waals surface area contributed by atoms with Gasteiger partial charge in [-0.25, -0.2) is 0 Å². The summed E-state index contributed by atoms with van der Waals surface area (Å²) in [5.74, 6) is -0.605. The minimum absolute atomic E-state index is 0.303. The Morgan fingerprint density at radius 2 is 1.02 bits per heavy atom. The fourth-order valence-electron chi connectivity index (χ4n) is 4.78. The van der Waals surface area contributed by atoms with E-state index in [4.69, 9.17) is 0 Å². The minimum Gasteiger partial charge on any atom is -0.377 e. The molecule has 8 nitrogen and oxygen atoms in total. The van der Waals surface area contributed by atoms with Crippen molar-refractivity contribution in [1.29, 1.82) is 0 Å². The Morgan fingerprint density at radius 3 is 1.43 bits per heavy atom. The zero-order valence-corrected chi connectivity index (χ0v) is 23.5. The number of rotatable bonds is 6. The molecular weight excluding hydrogens is 500 g/mol. The first-order valence-electron chi connectivity index (χ1n) is 13.0. The SMILES string of the molecule is Cc1cc(N(C)C)c2cc(NC(=O)c3cccc(C(=O)Nc4ccc5nc(C)cc(N(C)C)c5c4)c3)ccc2n1. The highest BCUT2D eigenvalue weighted by atomic mass is 16.2. The summed E-state index contributed by atoms with van der Waals surface area (Å²) in [5.41, 5.74) is 7.69. The van der Waals surface area contributed by atoms with E-state index in [1.165, 1.54) is 0 Å². The molecule has 0 atom stereocenters. The predicted molar refractivity (Wildman–Crippen MR) is 164 cm³/mol. The first-order valence-corrected chi connectivity index (χ1v) is 13.0. The lowest BCUT2D eigenvalue weighted by molar-refractivity contribution is 0.102. The number of carbonyl (C=O) groups excluding carboxylic acids is 2. The number of aromatic nitrogens is 2. The summed E-state index contributed by atoms with van der Waals surface area (Å²) in [6, 6.07) is 22.0. The third-order valence-corrected chi connectivity index (χ3v) is 6.70. The number of nitrogens with one attached hydrogen (secondary N) is 2. The number of pyridine rings is 2. The van der Waals surface area contributed by atoms with E-state index in [0.717, 1.165) is 44.6 Å². The van der Waals surface area contributed by atoms with Crippen LogP contribution in [0.15, 0.2) is 72.8 Å². The van der Waals surface area contributed by atoms with Crippen LogP contribution in [0.4, 0.5) is 22.7 Å². The zero-order chi connectivity index (χ0) is 28.6. The molecule has 0 aliphatic heterocycles. The van der Waals surface area contributed by atoms with E-state index in [1.807, 2.05) is 100 Å². The lowest BCUT2D eigenvalue weighted by atomic mass is 10.1. The lowest BCUT2D eigenvalue weighted by Crippen LogP contribution is -2.16. The van der Waals surface area contributed by atoms with Gasteiger partial charge in [-0.2, -0.15) is 0 Å². The molecule has 2 N–H and O–H groups in total. The number of anilines is 4. The van der Waals surface area contributed by atoms with E-state index in [2.05, 4.69) is 20.6 Å². The molecule has 0 fully saturated rings. The van der Waals surface area contributed by atoms with Gasteiger partial charge in [-0.3, -0.25) is 19.6 Å². The molecular formula is C32H32N6O2. The maximum Gasteiger partial charge on any atom is 0.255 e. The van der Waals surface area contributed by atoms with E-state index in [-0.39, 0.29) is 11.8 Å². The highest BCUT2D eigenvalue weighted by molar-refractivity contribution is 6.10. The maximum atomic E-state index is 13.2. The molecule has 0 radical (unpaired) electrons. The molecule has 5 aromatic rings. The summed E-state index contributed by atoms with van der Waals surface area (Å²) in [7, 11) is 7.92. The zero-order valence-electron chi connectivity index (χ0n) is 23.5. The molecule has 0 unspecified atom stereocenters. The van der Waals surface area contributed by atoms with E-state index < -0.39 is 0 Å². The number of amides is 2. The molecule has 8 heteroatoms. The van der Waals surface area contributed by atoms with Crippen LogP contribution in [-0.4, -0.2) is 50.0 Å². The van der Waals surface area contributed by atoms with E-state index in [1.54, 1.807) is 24.3 Å². The van der Waals surface area contributed by atoms with E-state index in [0.29, 0.717) is 22.5 Å². The first-order chi connectivity index (χ1) is 19.1. The maximum absolute atomic E-state index is 13.2. The van der Waals surface area contributed by atoms with Crippen LogP contribution in [0.3, 0.4) is 0 Å². The van der Waals surface area contributed by atoms with Crippen LogP contribution in [0.25, 0.3) is 21.8 Å². The van der Waals surface area contributed by atoms with Crippen molar-refractivity contribution in [3.05, 3.63) is 95.3 Å². The average Bonchev–Trinajstić information content (AvgIpc) is 2.92. The smallest absolute Gasteiger partial charge is 0.255 e. The van der Waals surface area contributed by atoms with Gasteiger partial charge >= 0.3 is 0 Å². The molecule has 0 saturated carbocycles. The minimum atomic E-state index is -0.303. The number of fused-ring (bicyclic) bond motifs is 2. The van der Waals surface area contributed by atoms with Gasteiger partial charge in [-0.05, 0) is 80.6 Å². The molecule has 0 saturated heterocycles. The largest absolute Gasteiger partial charge is 0.377 e. The van der Waals surface area contributed by atoms with E-state index in [9.17, 15) is 9.59 Å². The Kier molecular flexibility index (Phi) is 7.09. The Morgan fingerprint density at radius 1 is 0.600 bits per heavy atom. The fourth-order valence-corrected chi connectivity index (χ4v) is 4.78. The second-order valence-electron chi connectivity index (χ2n) is 10.3. The topological polar surface area (TPSA) is 90.5 Å². The second-order valence-corrected chi connectivity index (χ2v) is 10.3. The molecule has 202 valence electrons. The van der Waals surface area contributed by atoms with Crippen LogP contribution in [0, 0.1) is 13.8 Å². The third-order valence-electron chi connectivity index (χ3n) is 6.70. The second kappa shape index (κ2) is 10.6. The normalized spacial score (nSPS) is 10.9. The molecule has 3 aromatic carbocycles. The van der Waals surface area contributed by atoms with Crippen LogP contribution >= 0.6 is 0 Å². The van der Waals surface area contributed by atoms with Crippen LogP contribution < -0.4 is 20.4 Å². The van der Waals surface area contributed by atoms with Crippen molar-refractivity contribution >= 4 is 56.4 Å². The average molecular weight is 533 g/mol. The van der Waals surface area contributed by atoms with E-state index >= 15 is 0 Å². The van der Waals surface area contributed by atoms with Crippen molar-refractivity contribution in [3.8, 4) is 0 Å². The molecule has 2 heterocycles. The Bertz CT molecular complexity index is 1650. The molecule has 2 amide bonds. The standard InChI is InChI=1S/C32H32N6O2/c1-19-14-29(37(3)4)25-17-23(10-12-27(25)33-19)35-31(39)21-8-7-9-22(16-21)32(40)36-24-11-13-28-26(18-24)30(38(5)6)15-20(2)34-28/h7-18H,1-6H3,(H,35,39)(H,36,40). The van der Waals surface area contributed by atoms with Crippen molar-refractivity contribution in [3.63, 3.8) is 0 Å². The number of nitrogens with zero attached hydrogens (tertiary/aromatic N) is 4. The molecule has 40 heavy (non-hydrogen) atoms. The van der Waals surface area contributed by atoms with Crippen LogP contribution in [0.5, 0.6) is 0 Å². The quantitative estimate of drug-likeness (QED) is 0.277. The summed E-state index contributed by atoms with van der Waals surface area (Å²) in [5, 5.41) is 7.81. The molecule has 2 aromatic heterocycles. The molecule has 0 aliphatic rings. The molecule has 0 bridgehead atoms. The number of aryl methyl sites for hydroxylation is 2. The number of benzene rings is 3. The highest BCUT2D eigenvalue weighted by Gasteiger charge is 2.14. The number of hydrogen-bond donors (Lipinski definition) is 2. The van der Waals surface area contributed by atoms with Gasteiger partial charge in [0.25, 0.3) is 11.8 Å². The lowest BCUT2D eigenvalue weighted by Gasteiger charge is -2.17. The van der Waals surface area contributed by atoms with Crippen molar-refractivity contribution in [2.75, 3.05) is 48.6 Å². The predicted octanol–water partition coefficient (Wildman–Crippen LogP) is 6.04. The molecule has 0 spiro atoms. The summed E-state index contributed by atoms with van der Waals surface area (Å²) < 4.78 is 0. The molecule has 5 rings (SSSR count). The van der Waals surface area contributed by atoms with Crippen LogP contribution in [0.1, 0.15) is 32.1 Å². The van der Waals surface area contributed by atoms with Gasteiger partial charge in [0.05, 0.1) is 11.0 Å². The summed E-state index contributed by atoms with van der Waals surface area (Å²) in [4.78, 5) is 39.6. The van der Waals surface area contributed by atoms with Gasteiger partial charge in [0.2, 0.25) is 0 Å². The van der Waals surface area contributed by atoms with Gasteiger partial charge in [-0.1, -0.05) is 6.07 Å². The van der Waals surface area contributed by atoms with Gasteiger partial charge in [-0.15, -0.1) is 0 Å². The Hall–Kier alpha value is -4.98. The summed E-state index contributed by atoms with van der Waals surface area (Å²) in [6.45, 7) is 3.93. The molecule has 0 aliphatic carbocycles. The monoisotopic (exact) mass is 532 g/mol. The van der Waals surface area contributed by atoms with Crippen molar-refractivity contribution in [2.45, 2.75) is 13.8 Å². The Labute approximate surface area is 233 Å². The Balaban J connectivity index is 1.36. The van der Waals surface area contributed by atoms with Gasteiger partial charge < -0.3 is 20.4 Å². The fraction of sp³-hybridized carbons (Fsp3) is 0.188. The van der Waals surface area contributed by atoms with Gasteiger partial charge in [0, 0.05) is 84.2 Å². The number of carbonyl (C=O) groups is 2. The summed E-state index contributed by atoms with van der Waals surface area (Å²) >= 11 is 0. The summed E-state index contributed by atoms with van der Waals surface area (Å²) in [6.07, 6.45) is 0. The first kappa shape index (κ1) is 26.6. The third kappa shape index (κ3) is 5.42. The van der Waals surface area contributed by atoms with Crippen LogP contribution in [0.2, 0.25) is 0 Å². The van der Waals surface area contributed by atoms with Gasteiger partial charge in [0.15, 0.2) is 0 Å².